The molecule has 29 heavy (non-hydrogen) atoms. The third kappa shape index (κ3) is 4.11. The number of fused-ring (bicyclic) bond motifs is 2. The van der Waals surface area contributed by atoms with Crippen molar-refractivity contribution in [1.29, 1.82) is 0 Å². The minimum absolute atomic E-state index is 0.190. The predicted molar refractivity (Wildman–Crippen MR) is 113 cm³/mol. The maximum atomic E-state index is 11.1. The molecule has 5 heteroatoms. The van der Waals surface area contributed by atoms with E-state index in [0.29, 0.717) is 31.3 Å². The number of benzene rings is 2. The number of allylic oxidation sites excluding steroid dienone is 1. The van der Waals surface area contributed by atoms with Crippen molar-refractivity contribution in [3.8, 4) is 11.5 Å². The smallest absolute Gasteiger partial charge is 0.161 e. The fraction of sp³-hybridized carbons (Fsp3) is 0.417. The summed E-state index contributed by atoms with van der Waals surface area (Å²) in [6.45, 7) is 6.19. The molecule has 1 N–H and O–H groups in total. The summed E-state index contributed by atoms with van der Waals surface area (Å²) in [5.74, 6) is 1.94. The second-order valence-electron chi connectivity index (χ2n) is 7.92. The quantitative estimate of drug-likeness (QED) is 0.824. The lowest BCUT2D eigenvalue weighted by Crippen LogP contribution is -2.29. The fourth-order valence-electron chi connectivity index (χ4n) is 4.37. The normalized spacial score (nSPS) is 24.0. The second-order valence-corrected chi connectivity index (χ2v) is 7.92. The number of rotatable bonds is 4. The van der Waals surface area contributed by atoms with Gasteiger partial charge in [0, 0.05) is 12.7 Å². The minimum Gasteiger partial charge on any atom is -0.486 e. The molecule has 0 radical (unpaired) electrons. The van der Waals surface area contributed by atoms with Crippen molar-refractivity contribution in [2.24, 2.45) is 5.92 Å². The van der Waals surface area contributed by atoms with Gasteiger partial charge in [-0.15, -0.1) is 0 Å². The Balaban J connectivity index is 1.64. The van der Waals surface area contributed by atoms with Crippen molar-refractivity contribution in [3.05, 3.63) is 65.4 Å². The first kappa shape index (κ1) is 19.8. The van der Waals surface area contributed by atoms with E-state index in [9.17, 15) is 5.11 Å². The lowest BCUT2D eigenvalue weighted by atomic mass is 9.78. The Morgan fingerprint density at radius 1 is 1.14 bits per heavy atom. The fourth-order valence-corrected chi connectivity index (χ4v) is 4.37. The van der Waals surface area contributed by atoms with Crippen LogP contribution in [-0.2, 0) is 4.84 Å². The van der Waals surface area contributed by atoms with Gasteiger partial charge < -0.3 is 14.6 Å². The number of aliphatic hydroxyl groups excluding tert-OH is 1. The van der Waals surface area contributed by atoms with Gasteiger partial charge in [0.25, 0.3) is 0 Å². The highest BCUT2D eigenvalue weighted by molar-refractivity contribution is 5.67. The molecule has 0 aromatic heterocycles. The van der Waals surface area contributed by atoms with Crippen LogP contribution in [0, 0.1) is 5.92 Å². The average Bonchev–Trinajstić information content (AvgIpc) is 2.75. The number of hydrogen-bond acceptors (Lipinski definition) is 5. The number of nitrogens with zero attached hydrogens (tertiary/aromatic N) is 1. The molecule has 5 nitrogen and oxygen atoms in total. The zero-order valence-electron chi connectivity index (χ0n) is 17.3. The Hall–Kier alpha value is -2.50. The molecule has 0 aliphatic carbocycles. The van der Waals surface area contributed by atoms with Crippen LogP contribution in [0.2, 0.25) is 0 Å². The molecule has 3 unspecified atom stereocenters. The number of ether oxygens (including phenoxy) is 2. The maximum absolute atomic E-state index is 11.1. The monoisotopic (exact) mass is 395 g/mol. The summed E-state index contributed by atoms with van der Waals surface area (Å²) in [5, 5.41) is 13.0. The van der Waals surface area contributed by atoms with E-state index in [2.05, 4.69) is 44.3 Å². The zero-order valence-corrected chi connectivity index (χ0v) is 17.3. The van der Waals surface area contributed by atoms with E-state index in [1.54, 1.807) is 7.11 Å². The van der Waals surface area contributed by atoms with Crippen LogP contribution in [-0.4, -0.2) is 37.0 Å². The van der Waals surface area contributed by atoms with Crippen molar-refractivity contribution in [2.45, 2.75) is 32.3 Å². The van der Waals surface area contributed by atoms with E-state index in [1.165, 1.54) is 11.1 Å². The molecule has 0 saturated heterocycles. The topological polar surface area (TPSA) is 51.2 Å². The van der Waals surface area contributed by atoms with E-state index in [1.807, 2.05) is 23.3 Å². The van der Waals surface area contributed by atoms with Gasteiger partial charge in [-0.1, -0.05) is 37.3 Å². The van der Waals surface area contributed by atoms with Crippen LogP contribution >= 0.6 is 0 Å². The third-order valence-electron chi connectivity index (χ3n) is 5.94. The molecule has 154 valence electrons. The third-order valence-corrected chi connectivity index (χ3v) is 5.94. The SMILES string of the molecule is CON1/C=C(\C)c2ccccc2C(CC(O)c2ccc3c(c2)OCCO3)C(C)C1. The summed E-state index contributed by atoms with van der Waals surface area (Å²) < 4.78 is 11.3. The molecule has 2 aliphatic heterocycles. The lowest BCUT2D eigenvalue weighted by molar-refractivity contribution is -0.0982. The van der Waals surface area contributed by atoms with E-state index < -0.39 is 6.10 Å². The van der Waals surface area contributed by atoms with Crippen LogP contribution in [0.1, 0.15) is 49.0 Å². The van der Waals surface area contributed by atoms with Crippen LogP contribution in [0.15, 0.2) is 48.7 Å². The zero-order chi connectivity index (χ0) is 20.4. The van der Waals surface area contributed by atoms with Gasteiger partial charge in [0.15, 0.2) is 11.5 Å². The van der Waals surface area contributed by atoms with Crippen LogP contribution in [0.25, 0.3) is 5.57 Å². The average molecular weight is 395 g/mol. The molecule has 0 bridgehead atoms. The minimum atomic E-state index is -0.592. The summed E-state index contributed by atoms with van der Waals surface area (Å²) in [6.07, 6.45) is 2.09. The Morgan fingerprint density at radius 2 is 1.90 bits per heavy atom. The van der Waals surface area contributed by atoms with E-state index >= 15 is 0 Å². The Bertz CT molecular complexity index is 894. The molecular weight excluding hydrogens is 366 g/mol. The first-order valence-corrected chi connectivity index (χ1v) is 10.2. The molecule has 3 atom stereocenters. The van der Waals surface area contributed by atoms with Gasteiger partial charge in [0.2, 0.25) is 0 Å². The molecule has 0 amide bonds. The van der Waals surface area contributed by atoms with Gasteiger partial charge in [0.1, 0.15) is 13.2 Å². The molecular formula is C24H29NO4. The molecule has 2 aromatic carbocycles. The van der Waals surface area contributed by atoms with E-state index in [0.717, 1.165) is 23.4 Å². The van der Waals surface area contributed by atoms with Crippen LogP contribution in [0.3, 0.4) is 0 Å². The van der Waals surface area contributed by atoms with Gasteiger partial charge in [-0.05, 0) is 59.6 Å². The Labute approximate surface area is 172 Å². The first-order valence-electron chi connectivity index (χ1n) is 10.2. The molecule has 4 rings (SSSR count). The molecule has 0 saturated carbocycles. The summed E-state index contributed by atoms with van der Waals surface area (Å²) in [5.41, 5.74) is 4.51. The second kappa shape index (κ2) is 8.47. The molecule has 2 aromatic rings. The van der Waals surface area contributed by atoms with Gasteiger partial charge in [-0.3, -0.25) is 9.90 Å². The highest BCUT2D eigenvalue weighted by Crippen LogP contribution is 2.41. The standard InChI is InChI=1S/C24H29NO4/c1-16-14-25(27-3)15-17(2)21(20-7-5-4-6-19(16)20)13-22(26)18-8-9-23-24(12-18)29-11-10-28-23/h4-9,12,14,17,21-22,26H,10-11,13,15H2,1-3H3/b16-14+. The van der Waals surface area contributed by atoms with Crippen molar-refractivity contribution in [2.75, 3.05) is 26.9 Å². The maximum Gasteiger partial charge on any atom is 0.161 e. The van der Waals surface area contributed by atoms with E-state index in [-0.39, 0.29) is 5.92 Å². The van der Waals surface area contributed by atoms with Crippen LogP contribution < -0.4 is 9.47 Å². The summed E-state index contributed by atoms with van der Waals surface area (Å²) in [4.78, 5) is 5.55. The van der Waals surface area contributed by atoms with Crippen LogP contribution in [0.5, 0.6) is 11.5 Å². The predicted octanol–water partition coefficient (Wildman–Crippen LogP) is 4.54. The van der Waals surface area contributed by atoms with E-state index in [4.69, 9.17) is 14.3 Å². The number of hydroxylamine groups is 2. The van der Waals surface area contributed by atoms with Crippen molar-refractivity contribution < 1.29 is 19.4 Å². The Morgan fingerprint density at radius 3 is 2.69 bits per heavy atom. The largest absolute Gasteiger partial charge is 0.486 e. The molecule has 2 heterocycles. The molecule has 0 spiro atoms. The van der Waals surface area contributed by atoms with Gasteiger partial charge in [-0.25, -0.2) is 0 Å². The molecule has 0 fully saturated rings. The van der Waals surface area contributed by atoms with Crippen molar-refractivity contribution >= 4 is 5.57 Å². The Kier molecular flexibility index (Phi) is 5.79. The number of aliphatic hydroxyl groups is 1. The summed E-state index contributed by atoms with van der Waals surface area (Å²) in [6, 6.07) is 14.2. The lowest BCUT2D eigenvalue weighted by Gasteiger charge is -2.34. The number of hydrogen-bond donors (Lipinski definition) is 1. The van der Waals surface area contributed by atoms with Gasteiger partial charge in [0.05, 0.1) is 13.2 Å². The first-order chi connectivity index (χ1) is 14.1. The van der Waals surface area contributed by atoms with Gasteiger partial charge >= 0.3 is 0 Å². The highest BCUT2D eigenvalue weighted by atomic mass is 16.7. The summed E-state index contributed by atoms with van der Waals surface area (Å²) in [7, 11) is 1.70. The van der Waals surface area contributed by atoms with Crippen molar-refractivity contribution in [3.63, 3.8) is 0 Å². The van der Waals surface area contributed by atoms with Crippen molar-refractivity contribution in [1.82, 2.24) is 5.06 Å². The molecule has 2 aliphatic rings. The highest BCUT2D eigenvalue weighted by Gasteiger charge is 2.29. The van der Waals surface area contributed by atoms with Crippen LogP contribution in [0.4, 0.5) is 0 Å². The van der Waals surface area contributed by atoms with Gasteiger partial charge in [-0.2, -0.15) is 0 Å². The summed E-state index contributed by atoms with van der Waals surface area (Å²) >= 11 is 0.